The first-order chi connectivity index (χ1) is 15.9. The average molecular weight is 487 g/mol. The van der Waals surface area contributed by atoms with E-state index in [1.807, 2.05) is 0 Å². The number of thiocyanates is 1. The molecule has 178 valence electrons. The lowest BCUT2D eigenvalue weighted by atomic mass is 9.57. The molecule has 1 aromatic carbocycles. The van der Waals surface area contributed by atoms with Gasteiger partial charge in [0.15, 0.2) is 11.4 Å². The lowest BCUT2D eigenvalue weighted by Crippen LogP contribution is -2.66. The largest absolute Gasteiger partial charge is 0.508 e. The van der Waals surface area contributed by atoms with Crippen LogP contribution < -0.4 is 5.73 Å². The molecule has 12 heteroatoms. The van der Waals surface area contributed by atoms with Crippen LogP contribution in [-0.2, 0) is 14.4 Å². The van der Waals surface area contributed by atoms with Crippen LogP contribution in [0.15, 0.2) is 33.9 Å². The molecule has 7 N–H and O–H groups in total. The van der Waals surface area contributed by atoms with Gasteiger partial charge in [0.25, 0.3) is 5.91 Å². The van der Waals surface area contributed by atoms with Crippen molar-refractivity contribution in [2.75, 3.05) is 14.1 Å². The first kappa shape index (κ1) is 23.8. The van der Waals surface area contributed by atoms with Gasteiger partial charge in [0.1, 0.15) is 28.2 Å². The number of thioether (sulfide) groups is 1. The summed E-state index contributed by atoms with van der Waals surface area (Å²) < 4.78 is 0. The Bertz CT molecular complexity index is 1260. The summed E-state index contributed by atoms with van der Waals surface area (Å²) in [6.07, 6.45) is -1.66. The number of fused-ring (bicyclic) bond motifs is 3. The summed E-state index contributed by atoms with van der Waals surface area (Å²) in [4.78, 5) is 40.1. The van der Waals surface area contributed by atoms with E-state index in [4.69, 9.17) is 11.0 Å². The fourth-order valence-corrected chi connectivity index (χ4v) is 5.78. The lowest BCUT2D eigenvalue weighted by molar-refractivity contribution is -0.155. The van der Waals surface area contributed by atoms with E-state index in [0.717, 1.165) is 0 Å². The molecule has 3 aliphatic rings. The molecule has 11 nitrogen and oxygen atoms in total. The summed E-state index contributed by atoms with van der Waals surface area (Å²) in [6.45, 7) is 0. The molecule has 0 spiro atoms. The summed E-state index contributed by atoms with van der Waals surface area (Å²) in [5, 5.41) is 65.7. The second-order valence-corrected chi connectivity index (χ2v) is 9.51. The van der Waals surface area contributed by atoms with Crippen LogP contribution in [0.4, 0.5) is 0 Å². The number of Topliss-reactive ketones (excluding diaryl/α,β-unsaturated/α-hetero) is 2. The van der Waals surface area contributed by atoms with E-state index < -0.39 is 75.5 Å². The molecule has 5 atom stereocenters. The van der Waals surface area contributed by atoms with Gasteiger partial charge >= 0.3 is 0 Å². The number of ketones is 2. The summed E-state index contributed by atoms with van der Waals surface area (Å²) in [7, 11) is 2.96. The number of aromatic hydroxyl groups is 1. The number of hydrogen-bond donors (Lipinski definition) is 6. The van der Waals surface area contributed by atoms with Crippen molar-refractivity contribution < 1.29 is 39.9 Å². The van der Waals surface area contributed by atoms with E-state index in [-0.39, 0.29) is 22.4 Å². The molecule has 0 heterocycles. The standard InChI is InChI=1S/C22H21N3O8S/c1-25(2)14-9-5-8-12(19(30)22(9,33)20(31)13(18(14)29)21(24)32)17(28)11-7(15(8)26)3-4-10(16(11)27)34-6-23/h3-4,8-9,14-15,26-28,31,33H,5H2,1-2H3,(H2,24,32). The minimum Gasteiger partial charge on any atom is -0.508 e. The Labute approximate surface area is 197 Å². The molecule has 5 unspecified atom stereocenters. The number of rotatable bonds is 3. The number of nitriles is 1. The third-order valence-corrected chi connectivity index (χ3v) is 7.46. The Balaban J connectivity index is 2.00. The highest BCUT2D eigenvalue weighted by Crippen LogP contribution is 2.56. The SMILES string of the molecule is CN(C)C1C(=O)C(C(N)=O)=C(O)C2(O)C(=O)C3=C(O)c4c(ccc(SC#N)c4O)C(O)C3CC12. The van der Waals surface area contributed by atoms with Crippen molar-refractivity contribution >= 4 is 35.0 Å². The molecule has 34 heavy (non-hydrogen) atoms. The quantitative estimate of drug-likeness (QED) is 0.190. The maximum atomic E-state index is 13.7. The van der Waals surface area contributed by atoms with E-state index in [2.05, 4.69) is 0 Å². The number of carbonyl (C=O) groups excluding carboxylic acids is 3. The van der Waals surface area contributed by atoms with Crippen molar-refractivity contribution in [1.29, 1.82) is 5.26 Å². The highest BCUT2D eigenvalue weighted by molar-refractivity contribution is 8.03. The number of phenolic OH excluding ortho intramolecular Hbond substituents is 1. The van der Waals surface area contributed by atoms with Gasteiger partial charge in [0.05, 0.1) is 22.6 Å². The third kappa shape index (κ3) is 2.91. The molecule has 0 saturated heterocycles. The van der Waals surface area contributed by atoms with Gasteiger partial charge in [0.2, 0.25) is 5.78 Å². The molecule has 3 aliphatic carbocycles. The fourth-order valence-electron chi connectivity index (χ4n) is 5.35. The average Bonchev–Trinajstić information content (AvgIpc) is 2.75. The smallest absolute Gasteiger partial charge is 0.255 e. The summed E-state index contributed by atoms with van der Waals surface area (Å²) in [5.74, 6) is -8.33. The van der Waals surface area contributed by atoms with Gasteiger partial charge < -0.3 is 31.3 Å². The summed E-state index contributed by atoms with van der Waals surface area (Å²) >= 11 is 0.597. The Hall–Kier alpha value is -3.37. The second kappa shape index (κ2) is 7.85. The van der Waals surface area contributed by atoms with E-state index in [0.29, 0.717) is 11.8 Å². The van der Waals surface area contributed by atoms with Crippen molar-refractivity contribution in [2.24, 2.45) is 17.6 Å². The first-order valence-electron chi connectivity index (χ1n) is 10.1. The maximum absolute atomic E-state index is 13.7. The molecular formula is C22H21N3O8S. The molecule has 0 bridgehead atoms. The monoisotopic (exact) mass is 487 g/mol. The van der Waals surface area contributed by atoms with Crippen LogP contribution in [0, 0.1) is 22.5 Å². The van der Waals surface area contributed by atoms with E-state index in [9.17, 15) is 39.9 Å². The summed E-state index contributed by atoms with van der Waals surface area (Å²) in [6, 6.07) is 1.54. The van der Waals surface area contributed by atoms with E-state index in [1.54, 1.807) is 5.40 Å². The van der Waals surface area contributed by atoms with Crippen LogP contribution in [0.3, 0.4) is 0 Å². The summed E-state index contributed by atoms with van der Waals surface area (Å²) in [5.41, 5.74) is 0.876. The number of likely N-dealkylation sites (N-methyl/N-ethyl adjacent to an activating group) is 1. The zero-order valence-electron chi connectivity index (χ0n) is 18.0. The molecule has 1 saturated carbocycles. The Kier molecular flexibility index (Phi) is 5.49. The van der Waals surface area contributed by atoms with Crippen LogP contribution >= 0.6 is 11.8 Å². The molecule has 0 aliphatic heterocycles. The van der Waals surface area contributed by atoms with Crippen molar-refractivity contribution in [1.82, 2.24) is 4.90 Å². The first-order valence-corrected chi connectivity index (χ1v) is 11.0. The van der Waals surface area contributed by atoms with Crippen LogP contribution in [0.1, 0.15) is 23.7 Å². The number of hydrogen-bond acceptors (Lipinski definition) is 11. The lowest BCUT2D eigenvalue weighted by Gasteiger charge is -2.51. The predicted molar refractivity (Wildman–Crippen MR) is 117 cm³/mol. The Morgan fingerprint density at radius 1 is 1.26 bits per heavy atom. The number of amides is 1. The van der Waals surface area contributed by atoms with E-state index in [1.165, 1.54) is 31.1 Å². The molecular weight excluding hydrogens is 466 g/mol. The maximum Gasteiger partial charge on any atom is 0.255 e. The number of phenols is 1. The second-order valence-electron chi connectivity index (χ2n) is 8.68. The van der Waals surface area contributed by atoms with Gasteiger partial charge in [-0.25, -0.2) is 0 Å². The topological polar surface area (TPSA) is 205 Å². The minimum atomic E-state index is -2.79. The van der Waals surface area contributed by atoms with Gasteiger partial charge in [0, 0.05) is 17.4 Å². The van der Waals surface area contributed by atoms with Crippen LogP contribution in [-0.4, -0.2) is 73.6 Å². The number of benzene rings is 1. The number of nitrogens with two attached hydrogens (primary N) is 1. The van der Waals surface area contributed by atoms with Crippen LogP contribution in [0.25, 0.3) is 5.76 Å². The molecule has 0 radical (unpaired) electrons. The van der Waals surface area contributed by atoms with Gasteiger partial charge in [-0.1, -0.05) is 6.07 Å². The molecule has 1 fully saturated rings. The Morgan fingerprint density at radius 3 is 2.47 bits per heavy atom. The predicted octanol–water partition coefficient (Wildman–Crippen LogP) is 0.0281. The van der Waals surface area contributed by atoms with Gasteiger partial charge in [-0.2, -0.15) is 5.26 Å². The Morgan fingerprint density at radius 2 is 1.91 bits per heavy atom. The van der Waals surface area contributed by atoms with Crippen molar-refractivity contribution in [3.8, 4) is 11.2 Å². The number of nitrogens with zero attached hydrogens (tertiary/aromatic N) is 2. The van der Waals surface area contributed by atoms with Crippen LogP contribution in [0.5, 0.6) is 5.75 Å². The number of aliphatic hydroxyl groups excluding tert-OH is 3. The molecule has 1 amide bonds. The van der Waals surface area contributed by atoms with Gasteiger partial charge in [-0.15, -0.1) is 0 Å². The number of carbonyl (C=O) groups is 3. The normalized spacial score (nSPS) is 30.6. The zero-order valence-corrected chi connectivity index (χ0v) is 18.8. The van der Waals surface area contributed by atoms with Gasteiger partial charge in [-0.3, -0.25) is 19.3 Å². The van der Waals surface area contributed by atoms with Gasteiger partial charge in [-0.05, 0) is 43.9 Å². The highest BCUT2D eigenvalue weighted by Gasteiger charge is 2.65. The van der Waals surface area contributed by atoms with Crippen molar-refractivity contribution in [3.05, 3.63) is 40.2 Å². The molecule has 4 rings (SSSR count). The zero-order chi connectivity index (χ0) is 25.3. The highest BCUT2D eigenvalue weighted by atomic mass is 32.2. The number of aliphatic hydroxyl groups is 4. The van der Waals surface area contributed by atoms with Crippen molar-refractivity contribution in [3.63, 3.8) is 0 Å². The van der Waals surface area contributed by atoms with Crippen LogP contribution in [0.2, 0.25) is 0 Å². The number of primary amides is 1. The van der Waals surface area contributed by atoms with Crippen molar-refractivity contribution in [2.45, 2.75) is 29.1 Å². The van der Waals surface area contributed by atoms with E-state index >= 15 is 0 Å². The third-order valence-electron chi connectivity index (χ3n) is 6.82. The molecule has 0 aromatic heterocycles. The fraction of sp³-hybridized carbons (Fsp3) is 0.364. The molecule has 1 aromatic rings. The minimum absolute atomic E-state index is 0.0635.